The minimum absolute atomic E-state index is 0.0225. The van der Waals surface area contributed by atoms with E-state index in [1.165, 1.54) is 405 Å². The summed E-state index contributed by atoms with van der Waals surface area (Å²) in [7, 11) is 0. The zero-order valence-electron chi connectivity index (χ0n) is 60.7. The average molecular weight is 1250 g/mol. The van der Waals surface area contributed by atoms with E-state index in [0.717, 1.165) is 38.5 Å². The second-order valence-electron chi connectivity index (χ2n) is 28.5. The monoisotopic (exact) mass is 1250 g/mol. The van der Waals surface area contributed by atoms with Crippen LogP contribution in [0.25, 0.3) is 0 Å². The molecule has 0 aromatic rings. The number of aliphatic hydroxyl groups is 2. The smallest absolute Gasteiger partial charge is 0.305 e. The van der Waals surface area contributed by atoms with E-state index in [0.29, 0.717) is 19.4 Å². The first kappa shape index (κ1) is 87.3. The van der Waals surface area contributed by atoms with Crippen LogP contribution in [0.15, 0.2) is 24.3 Å². The van der Waals surface area contributed by atoms with Crippen molar-refractivity contribution >= 4 is 11.9 Å². The molecule has 0 fully saturated rings. The molecule has 0 aromatic heterocycles. The van der Waals surface area contributed by atoms with Crippen LogP contribution in [0.2, 0.25) is 0 Å². The Morgan fingerprint density at radius 3 is 0.798 bits per heavy atom. The number of hydrogen-bond acceptors (Lipinski definition) is 5. The fraction of sp³-hybridized carbons (Fsp3) is 0.928. The number of nitrogens with one attached hydrogen (secondary N) is 1. The van der Waals surface area contributed by atoms with Crippen molar-refractivity contribution in [3.05, 3.63) is 24.3 Å². The molecule has 0 saturated carbocycles. The summed E-state index contributed by atoms with van der Waals surface area (Å²) in [6.45, 7) is 4.96. The first-order valence-electron chi connectivity index (χ1n) is 41.1. The van der Waals surface area contributed by atoms with Gasteiger partial charge in [-0.15, -0.1) is 0 Å². The van der Waals surface area contributed by atoms with Crippen LogP contribution < -0.4 is 5.32 Å². The molecule has 6 heteroatoms. The lowest BCUT2D eigenvalue weighted by Crippen LogP contribution is -2.45. The molecule has 89 heavy (non-hydrogen) atoms. The van der Waals surface area contributed by atoms with Gasteiger partial charge in [-0.25, -0.2) is 0 Å². The minimum atomic E-state index is -0.843. The predicted molar refractivity (Wildman–Crippen MR) is 393 cm³/mol. The normalized spacial score (nSPS) is 12.5. The van der Waals surface area contributed by atoms with E-state index < -0.39 is 12.1 Å². The van der Waals surface area contributed by atoms with Gasteiger partial charge in [0.25, 0.3) is 0 Å². The van der Waals surface area contributed by atoms with Crippen molar-refractivity contribution in [3.63, 3.8) is 0 Å². The molecule has 0 aromatic carbocycles. The number of unbranched alkanes of at least 4 members (excludes halogenated alkanes) is 65. The van der Waals surface area contributed by atoms with E-state index in [1.807, 2.05) is 6.08 Å². The fourth-order valence-electron chi connectivity index (χ4n) is 13.2. The van der Waals surface area contributed by atoms with E-state index in [-0.39, 0.29) is 18.5 Å². The van der Waals surface area contributed by atoms with Crippen LogP contribution in [-0.2, 0) is 14.3 Å². The molecule has 0 aliphatic heterocycles. The molecule has 3 N–H and O–H groups in total. The molecule has 0 spiro atoms. The highest BCUT2D eigenvalue weighted by Gasteiger charge is 2.18. The predicted octanol–water partition coefficient (Wildman–Crippen LogP) is 27.2. The molecule has 0 heterocycles. The van der Waals surface area contributed by atoms with Gasteiger partial charge in [-0.3, -0.25) is 9.59 Å². The van der Waals surface area contributed by atoms with Crippen molar-refractivity contribution in [2.24, 2.45) is 0 Å². The number of rotatable bonds is 78. The maximum absolute atomic E-state index is 12.6. The van der Waals surface area contributed by atoms with Gasteiger partial charge in [0, 0.05) is 12.8 Å². The van der Waals surface area contributed by atoms with Crippen LogP contribution in [0.1, 0.15) is 470 Å². The largest absolute Gasteiger partial charge is 0.466 e. The molecule has 0 bridgehead atoms. The number of carbonyl (C=O) groups excluding carboxylic acids is 2. The lowest BCUT2D eigenvalue weighted by molar-refractivity contribution is -0.143. The van der Waals surface area contributed by atoms with Crippen molar-refractivity contribution in [2.75, 3.05) is 13.2 Å². The lowest BCUT2D eigenvalue weighted by Gasteiger charge is -2.20. The van der Waals surface area contributed by atoms with E-state index in [2.05, 4.69) is 31.3 Å². The summed E-state index contributed by atoms with van der Waals surface area (Å²) >= 11 is 0. The summed E-state index contributed by atoms with van der Waals surface area (Å²) in [5.41, 5.74) is 0. The second-order valence-corrected chi connectivity index (χ2v) is 28.5. The average Bonchev–Trinajstić information content (AvgIpc) is 3.54. The molecule has 528 valence electrons. The number of hydrogen-bond donors (Lipinski definition) is 3. The molecule has 1 amide bonds. The van der Waals surface area contributed by atoms with Gasteiger partial charge in [0.1, 0.15) is 0 Å². The van der Waals surface area contributed by atoms with Gasteiger partial charge >= 0.3 is 5.97 Å². The van der Waals surface area contributed by atoms with Crippen LogP contribution in [0, 0.1) is 0 Å². The molecule has 0 aliphatic rings. The highest BCUT2D eigenvalue weighted by Crippen LogP contribution is 2.20. The van der Waals surface area contributed by atoms with E-state index in [1.54, 1.807) is 6.08 Å². The Bertz CT molecular complexity index is 1400. The van der Waals surface area contributed by atoms with Crippen molar-refractivity contribution in [1.82, 2.24) is 5.32 Å². The molecule has 2 atom stereocenters. The molecular formula is C83H161NO5. The molecule has 6 nitrogen and oxygen atoms in total. The minimum Gasteiger partial charge on any atom is -0.466 e. The van der Waals surface area contributed by atoms with Gasteiger partial charge in [-0.2, -0.15) is 0 Å². The number of carbonyl (C=O) groups is 2. The number of esters is 1. The third-order valence-electron chi connectivity index (χ3n) is 19.5. The molecule has 0 saturated heterocycles. The Labute approximate surface area is 558 Å². The zero-order chi connectivity index (χ0) is 64.2. The van der Waals surface area contributed by atoms with Gasteiger partial charge in [0.2, 0.25) is 5.91 Å². The fourth-order valence-corrected chi connectivity index (χ4v) is 13.2. The summed E-state index contributed by atoms with van der Waals surface area (Å²) in [6.07, 6.45) is 102. The van der Waals surface area contributed by atoms with Crippen molar-refractivity contribution in [2.45, 2.75) is 482 Å². The summed E-state index contributed by atoms with van der Waals surface area (Å²) in [5, 5.41) is 23.3. The Morgan fingerprint density at radius 2 is 0.528 bits per heavy atom. The first-order valence-corrected chi connectivity index (χ1v) is 41.1. The number of ether oxygens (including phenoxy) is 1. The standard InChI is InChI=1S/C83H161NO5/c1-3-5-7-9-11-13-15-17-18-19-20-21-22-36-39-42-45-48-52-55-59-63-67-71-75-81(86)80(79-85)84-82(87)76-72-68-64-60-56-53-49-46-43-40-37-34-32-30-28-26-24-23-25-27-29-31-33-35-38-41-44-47-50-54-58-62-66-70-74-78-89-83(88)77-73-69-65-61-57-51-16-14-12-10-8-6-4-2/h25,27,71,75,80-81,85-86H,3-24,26,28-70,72-74,76-79H2,1-2H3,(H,84,87)/b27-25-,75-71+. The van der Waals surface area contributed by atoms with E-state index in [9.17, 15) is 19.8 Å². The second kappa shape index (κ2) is 78.8. The van der Waals surface area contributed by atoms with Gasteiger partial charge in [0.15, 0.2) is 0 Å². The Hall–Kier alpha value is -1.66. The van der Waals surface area contributed by atoms with Crippen LogP contribution in [0.3, 0.4) is 0 Å². The third kappa shape index (κ3) is 75.3. The van der Waals surface area contributed by atoms with Crippen molar-refractivity contribution in [3.8, 4) is 0 Å². The summed E-state index contributed by atoms with van der Waals surface area (Å²) in [5.74, 6) is -0.0363. The highest BCUT2D eigenvalue weighted by molar-refractivity contribution is 5.76. The zero-order valence-corrected chi connectivity index (χ0v) is 60.7. The number of allylic oxidation sites excluding steroid dienone is 3. The Morgan fingerprint density at radius 1 is 0.303 bits per heavy atom. The summed E-state index contributed by atoms with van der Waals surface area (Å²) in [6, 6.07) is -0.626. The molecule has 2 unspecified atom stereocenters. The van der Waals surface area contributed by atoms with Crippen molar-refractivity contribution < 1.29 is 24.5 Å². The maximum Gasteiger partial charge on any atom is 0.305 e. The van der Waals surface area contributed by atoms with E-state index >= 15 is 0 Å². The van der Waals surface area contributed by atoms with Crippen molar-refractivity contribution in [1.29, 1.82) is 0 Å². The van der Waals surface area contributed by atoms with Crippen LogP contribution >= 0.6 is 0 Å². The SMILES string of the molecule is CCCCCCCCCCCCCCCCCCCCCCCC/C=C/C(O)C(CO)NC(=O)CCCCCCCCCCCCCCCCCCC/C=C\CCCCCCCCCCCCCCCCOC(=O)CCCCCCCCCCCCCCC. The van der Waals surface area contributed by atoms with Crippen LogP contribution in [-0.4, -0.2) is 47.4 Å². The lowest BCUT2D eigenvalue weighted by atomic mass is 10.0. The molecule has 0 radical (unpaired) electrons. The Balaban J connectivity index is 3.36. The third-order valence-corrected chi connectivity index (χ3v) is 19.5. The maximum atomic E-state index is 12.6. The molecule has 0 rings (SSSR count). The summed E-state index contributed by atoms with van der Waals surface area (Å²) < 4.78 is 5.50. The van der Waals surface area contributed by atoms with Gasteiger partial charge in [0.05, 0.1) is 25.4 Å². The van der Waals surface area contributed by atoms with Gasteiger partial charge in [-0.1, -0.05) is 423 Å². The first-order chi connectivity index (χ1) is 44.0. The summed E-state index contributed by atoms with van der Waals surface area (Å²) in [4.78, 5) is 24.6. The topological polar surface area (TPSA) is 95.9 Å². The Kier molecular flexibility index (Phi) is 77.3. The molecule has 0 aliphatic carbocycles. The quantitative estimate of drug-likeness (QED) is 0.0320. The number of amides is 1. The van der Waals surface area contributed by atoms with Crippen LogP contribution in [0.5, 0.6) is 0 Å². The van der Waals surface area contributed by atoms with Gasteiger partial charge in [-0.05, 0) is 57.8 Å². The highest BCUT2D eigenvalue weighted by atomic mass is 16.5. The molecular weight excluding hydrogens is 1090 g/mol. The van der Waals surface area contributed by atoms with Gasteiger partial charge < -0.3 is 20.3 Å². The number of aliphatic hydroxyl groups excluding tert-OH is 2. The van der Waals surface area contributed by atoms with Crippen LogP contribution in [0.4, 0.5) is 0 Å². The van der Waals surface area contributed by atoms with E-state index in [4.69, 9.17) is 4.74 Å².